The molecule has 0 atom stereocenters. The first-order valence-electron chi connectivity index (χ1n) is 12.8. The number of hydrogen-bond donors (Lipinski definition) is 4. The monoisotopic (exact) mass is 550 g/mol. The molecule has 0 heterocycles. The molecule has 1 fully saturated rings. The molecule has 0 radical (unpaired) electrons. The minimum absolute atomic E-state index is 0.750. The molecule has 0 saturated heterocycles. The summed E-state index contributed by atoms with van der Waals surface area (Å²) in [6, 6.07) is 29.7. The highest BCUT2D eigenvalue weighted by atomic mass is 16.1. The molecule has 2 aliphatic carbocycles. The van der Waals surface area contributed by atoms with Crippen LogP contribution in [0.1, 0.15) is 49.7 Å². The smallest absolute Gasteiger partial charge is 0.222 e. The normalized spacial score (nSPS) is 11.0. The van der Waals surface area contributed by atoms with E-state index in [1.54, 1.807) is 0 Å². The fourth-order valence-corrected chi connectivity index (χ4v) is 4.27. The molecule has 210 valence electrons. The van der Waals surface area contributed by atoms with Crippen LogP contribution in [0.5, 0.6) is 0 Å². The standard InChI is InChI=1S/C13H10.C10H8.C6H12.4CHNO/c1-4-10-6-2-8-12-9-3-7-11(5-1)13(10)12;1-2-6-10-8-4-3-7-9(10)5-1;1-2-4-6-5-3-1;4*2-1-3/h1-8H,9H2;1-8H;1-6H2;4*2H. The maximum Gasteiger partial charge on any atom is 0.231 e. The van der Waals surface area contributed by atoms with Gasteiger partial charge in [0.25, 0.3) is 0 Å². The van der Waals surface area contributed by atoms with Gasteiger partial charge in [-0.05, 0) is 39.1 Å². The van der Waals surface area contributed by atoms with Crippen LogP contribution in [0.2, 0.25) is 0 Å². The Morgan fingerprint density at radius 1 is 0.463 bits per heavy atom. The van der Waals surface area contributed by atoms with E-state index in [0.717, 1.165) is 30.7 Å². The Balaban J connectivity index is 0.000000509. The molecule has 0 bridgehead atoms. The average Bonchev–Trinajstić information content (AvgIpc) is 3.01. The number of isocyanates is 4. The molecule has 0 amide bonds. The van der Waals surface area contributed by atoms with Crippen LogP contribution in [0.4, 0.5) is 0 Å². The van der Waals surface area contributed by atoms with Crippen molar-refractivity contribution in [2.45, 2.75) is 44.9 Å². The summed E-state index contributed by atoms with van der Waals surface area (Å²) >= 11 is 0. The second-order valence-corrected chi connectivity index (χ2v) is 8.35. The van der Waals surface area contributed by atoms with Gasteiger partial charge in [-0.25, -0.2) is 40.8 Å². The number of carbonyl (C=O) groups excluding carboxylic acids is 4. The fourth-order valence-electron chi connectivity index (χ4n) is 4.27. The van der Waals surface area contributed by atoms with Crippen molar-refractivity contribution >= 4 is 51.9 Å². The van der Waals surface area contributed by atoms with Crippen LogP contribution in [-0.2, 0) is 25.6 Å². The molecule has 41 heavy (non-hydrogen) atoms. The summed E-state index contributed by atoms with van der Waals surface area (Å²) in [4.78, 5) is 33.4. The van der Waals surface area contributed by atoms with Crippen molar-refractivity contribution < 1.29 is 19.2 Å². The molecular weight excluding hydrogens is 516 g/mol. The minimum Gasteiger partial charge on any atom is -0.222 e. The van der Waals surface area contributed by atoms with Gasteiger partial charge >= 0.3 is 0 Å². The van der Waals surface area contributed by atoms with Crippen molar-refractivity contribution in [3.63, 3.8) is 0 Å². The zero-order valence-electron chi connectivity index (χ0n) is 22.8. The van der Waals surface area contributed by atoms with E-state index in [9.17, 15) is 0 Å². The predicted molar refractivity (Wildman–Crippen MR) is 162 cm³/mol. The topological polar surface area (TPSA) is 164 Å². The summed E-state index contributed by atoms with van der Waals surface area (Å²) in [5.41, 5.74) is 2.81. The quantitative estimate of drug-likeness (QED) is 0.128. The van der Waals surface area contributed by atoms with E-state index in [-0.39, 0.29) is 0 Å². The SMILES string of the molecule is C1=Cc2cccc3cccc(c23)C1.C1CCCCC1.N=C=O.N=C=O.N=C=O.N=C=O.c1ccc2ccccc2c1. The van der Waals surface area contributed by atoms with Gasteiger partial charge in [-0.15, -0.1) is 0 Å². The van der Waals surface area contributed by atoms with Crippen LogP contribution in [0.25, 0.3) is 27.6 Å². The van der Waals surface area contributed by atoms with E-state index < -0.39 is 0 Å². The molecule has 2 aliphatic rings. The lowest BCUT2D eigenvalue weighted by Gasteiger charge is -2.11. The number of nitrogens with one attached hydrogen (secondary N) is 4. The lowest BCUT2D eigenvalue weighted by molar-refractivity contribution is 0.504. The van der Waals surface area contributed by atoms with Gasteiger partial charge in [-0.3, -0.25) is 0 Å². The first-order valence-corrected chi connectivity index (χ1v) is 12.8. The van der Waals surface area contributed by atoms with E-state index in [2.05, 4.69) is 97.1 Å². The van der Waals surface area contributed by atoms with Gasteiger partial charge in [-0.2, -0.15) is 0 Å². The van der Waals surface area contributed by atoms with Gasteiger partial charge < -0.3 is 0 Å². The van der Waals surface area contributed by atoms with E-state index in [0.29, 0.717) is 0 Å². The number of benzene rings is 4. The summed E-state index contributed by atoms with van der Waals surface area (Å²) < 4.78 is 0. The third kappa shape index (κ3) is 15.6. The van der Waals surface area contributed by atoms with Gasteiger partial charge in [-0.1, -0.05) is 136 Å². The summed E-state index contributed by atoms with van der Waals surface area (Å²) in [7, 11) is 0. The molecule has 6 rings (SSSR count). The highest BCUT2D eigenvalue weighted by Crippen LogP contribution is 2.27. The van der Waals surface area contributed by atoms with E-state index in [1.165, 1.54) is 71.2 Å². The zero-order chi connectivity index (χ0) is 30.6. The molecule has 1 saturated carbocycles. The second kappa shape index (κ2) is 25.0. The number of fused-ring (bicyclic) bond motifs is 1. The predicted octanol–water partition coefficient (Wildman–Crippen LogP) is 8.19. The molecule has 4 aromatic rings. The maximum atomic E-state index is 8.35. The summed E-state index contributed by atoms with van der Waals surface area (Å²) in [6.07, 6.45) is 17.5. The molecule has 0 aromatic heterocycles. The van der Waals surface area contributed by atoms with Gasteiger partial charge in [0.2, 0.25) is 24.3 Å². The zero-order valence-corrected chi connectivity index (χ0v) is 22.8. The average molecular weight is 551 g/mol. The first-order chi connectivity index (χ1) is 20.1. The Morgan fingerprint density at radius 3 is 1.20 bits per heavy atom. The van der Waals surface area contributed by atoms with Gasteiger partial charge in [0.15, 0.2) is 0 Å². The second-order valence-electron chi connectivity index (χ2n) is 8.35. The third-order valence-electron chi connectivity index (χ3n) is 5.82. The number of hydrogen-bond acceptors (Lipinski definition) is 8. The lowest BCUT2D eigenvalue weighted by atomic mass is 9.93. The van der Waals surface area contributed by atoms with Crippen LogP contribution in [0.3, 0.4) is 0 Å². The largest absolute Gasteiger partial charge is 0.231 e. The van der Waals surface area contributed by atoms with Crippen LogP contribution in [0.15, 0.2) is 91.0 Å². The highest BCUT2D eigenvalue weighted by Gasteiger charge is 2.06. The van der Waals surface area contributed by atoms with Crippen molar-refractivity contribution in [1.82, 2.24) is 0 Å². The van der Waals surface area contributed by atoms with E-state index in [1.807, 2.05) is 0 Å². The Kier molecular flexibility index (Phi) is 21.7. The lowest BCUT2D eigenvalue weighted by Crippen LogP contribution is -1.91. The number of allylic oxidation sites excluding steroid dienone is 1. The van der Waals surface area contributed by atoms with Crippen LogP contribution in [0, 0.1) is 21.6 Å². The molecule has 4 aromatic carbocycles. The Bertz CT molecular complexity index is 1340. The van der Waals surface area contributed by atoms with E-state index in [4.69, 9.17) is 40.8 Å². The van der Waals surface area contributed by atoms with Crippen molar-refractivity contribution in [3.8, 4) is 0 Å². The molecule has 0 spiro atoms. The number of rotatable bonds is 0. The Morgan fingerprint density at radius 2 is 0.805 bits per heavy atom. The molecule has 4 N–H and O–H groups in total. The molecule has 0 unspecified atom stereocenters. The molecule has 8 heteroatoms. The third-order valence-corrected chi connectivity index (χ3v) is 5.82. The van der Waals surface area contributed by atoms with Crippen molar-refractivity contribution in [2.75, 3.05) is 0 Å². The Labute approximate surface area is 239 Å². The first kappa shape index (κ1) is 35.7. The van der Waals surface area contributed by atoms with Crippen LogP contribution in [-0.4, -0.2) is 24.3 Å². The summed E-state index contributed by atoms with van der Waals surface area (Å²) in [5, 5.41) is 27.0. The summed E-state index contributed by atoms with van der Waals surface area (Å²) in [5.74, 6) is 0. The van der Waals surface area contributed by atoms with E-state index >= 15 is 0 Å². The van der Waals surface area contributed by atoms with Crippen LogP contribution >= 0.6 is 0 Å². The van der Waals surface area contributed by atoms with Gasteiger partial charge in [0.05, 0.1) is 0 Å². The highest BCUT2D eigenvalue weighted by molar-refractivity contribution is 5.94. The van der Waals surface area contributed by atoms with Crippen LogP contribution < -0.4 is 0 Å². The molecule has 0 aliphatic heterocycles. The van der Waals surface area contributed by atoms with Gasteiger partial charge in [0, 0.05) is 0 Å². The minimum atomic E-state index is 0.750. The fraction of sp³-hybridized carbons (Fsp3) is 0.212. The Hall–Kier alpha value is -5.34. The van der Waals surface area contributed by atoms with Gasteiger partial charge in [0.1, 0.15) is 0 Å². The molecular formula is C33H34N4O4. The van der Waals surface area contributed by atoms with Crippen molar-refractivity contribution in [1.29, 1.82) is 21.6 Å². The molecule has 8 nitrogen and oxygen atoms in total. The van der Waals surface area contributed by atoms with Crippen molar-refractivity contribution in [2.24, 2.45) is 0 Å². The maximum absolute atomic E-state index is 8.35. The summed E-state index contributed by atoms with van der Waals surface area (Å²) in [6.45, 7) is 0. The van der Waals surface area contributed by atoms with Crippen molar-refractivity contribution in [3.05, 3.63) is 102 Å².